The average molecular weight is 712 g/mol. The van der Waals surface area contributed by atoms with Gasteiger partial charge in [-0.3, -0.25) is 14.7 Å². The molecule has 0 amide bonds. The van der Waals surface area contributed by atoms with Gasteiger partial charge < -0.3 is 25.3 Å². The van der Waals surface area contributed by atoms with Crippen molar-refractivity contribution in [1.82, 2.24) is 15.2 Å². The molecule has 53 heavy (non-hydrogen) atoms. The second-order valence-electron chi connectivity index (χ2n) is 13.7. The molecule has 0 saturated carbocycles. The van der Waals surface area contributed by atoms with Crippen LogP contribution in [-0.4, -0.2) is 76.9 Å². The van der Waals surface area contributed by atoms with Crippen LogP contribution >= 0.6 is 0 Å². The maximum absolute atomic E-state index is 11.4. The minimum absolute atomic E-state index is 0.0296. The lowest BCUT2D eigenvalue weighted by atomic mass is 9.92. The van der Waals surface area contributed by atoms with E-state index in [0.717, 1.165) is 50.2 Å². The number of nitrogens with zero attached hydrogens (tertiary/aromatic N) is 5. The number of carboxylic acid groups (broad SMARTS) is 1. The molecule has 3 aromatic carbocycles. The molecule has 0 unspecified atom stereocenters. The van der Waals surface area contributed by atoms with Gasteiger partial charge in [0.05, 0.1) is 18.1 Å². The third-order valence-electron chi connectivity index (χ3n) is 9.94. The predicted octanol–water partition coefficient (Wildman–Crippen LogP) is 6.81. The van der Waals surface area contributed by atoms with Gasteiger partial charge in [-0.2, -0.15) is 5.26 Å². The lowest BCUT2D eigenvalue weighted by molar-refractivity contribution is -0.143. The van der Waals surface area contributed by atoms with Crippen molar-refractivity contribution in [2.45, 2.75) is 46.2 Å². The number of anilines is 1. The van der Waals surface area contributed by atoms with Crippen molar-refractivity contribution in [1.29, 1.82) is 5.26 Å². The number of hydrogen-bond acceptors (Lipinski definition) is 10. The number of nitrogens with one attached hydrogen (secondary N) is 2. The van der Waals surface area contributed by atoms with Crippen LogP contribution in [0.1, 0.15) is 42.0 Å². The van der Waals surface area contributed by atoms with Gasteiger partial charge in [-0.05, 0) is 117 Å². The summed E-state index contributed by atoms with van der Waals surface area (Å²) in [5, 5.41) is 35.5. The summed E-state index contributed by atoms with van der Waals surface area (Å²) in [5.74, 6) is 0.0359. The van der Waals surface area contributed by atoms with Crippen molar-refractivity contribution in [3.8, 4) is 28.7 Å². The quantitative estimate of drug-likeness (QED) is 0.131. The highest BCUT2D eigenvalue weighted by atomic mass is 16.4. The molecule has 0 bridgehead atoms. The second-order valence-corrected chi connectivity index (χ2v) is 13.7. The van der Waals surface area contributed by atoms with Crippen molar-refractivity contribution in [2.75, 3.05) is 38.6 Å². The third kappa shape index (κ3) is 8.21. The Morgan fingerprint density at radius 2 is 1.87 bits per heavy atom. The number of aliphatic hydroxyl groups is 1. The Balaban J connectivity index is 1.25. The zero-order valence-electron chi connectivity index (χ0n) is 30.6. The summed E-state index contributed by atoms with van der Waals surface area (Å²) < 4.78 is 6.30. The summed E-state index contributed by atoms with van der Waals surface area (Å²) >= 11 is 0. The van der Waals surface area contributed by atoms with Gasteiger partial charge in [-0.15, -0.1) is 0 Å². The van der Waals surface area contributed by atoms with Crippen LogP contribution in [0.25, 0.3) is 33.7 Å². The molecule has 2 aliphatic heterocycles. The first-order valence-electron chi connectivity index (χ1n) is 17.8. The molecule has 1 atom stereocenters. The van der Waals surface area contributed by atoms with Crippen molar-refractivity contribution in [2.24, 2.45) is 15.9 Å². The Kier molecular flexibility index (Phi) is 11.4. The van der Waals surface area contributed by atoms with Gasteiger partial charge in [0, 0.05) is 49.2 Å². The molecular weight excluding hydrogens is 667 g/mol. The molecule has 0 spiro atoms. The topological polar surface area (TPSA) is 159 Å². The van der Waals surface area contributed by atoms with Crippen LogP contribution in [0.3, 0.4) is 0 Å². The molecule has 0 radical (unpaired) electrons. The number of fused-ring (bicyclic) bond motifs is 1. The van der Waals surface area contributed by atoms with Crippen molar-refractivity contribution in [3.63, 3.8) is 0 Å². The van der Waals surface area contributed by atoms with Gasteiger partial charge in [0.1, 0.15) is 17.3 Å². The zero-order chi connectivity index (χ0) is 37.6. The number of aliphatic imine (C=N–C) groups is 2. The number of hydrogen-bond donors (Lipinski definition) is 4. The fourth-order valence-corrected chi connectivity index (χ4v) is 6.88. The van der Waals surface area contributed by atoms with E-state index in [2.05, 4.69) is 64.1 Å². The van der Waals surface area contributed by atoms with E-state index in [-0.39, 0.29) is 18.6 Å². The zero-order valence-corrected chi connectivity index (χ0v) is 30.6. The molecule has 11 heteroatoms. The van der Waals surface area contributed by atoms with Gasteiger partial charge >= 0.3 is 5.97 Å². The Bertz CT molecular complexity index is 2210. The molecule has 272 valence electrons. The van der Waals surface area contributed by atoms with Gasteiger partial charge in [0.2, 0.25) is 5.89 Å². The number of amidine groups is 1. The number of piperidine rings is 1. The monoisotopic (exact) mass is 711 g/mol. The number of oxazole rings is 1. The molecule has 1 saturated heterocycles. The molecule has 4 N–H and O–H groups in total. The number of carbonyl (C=O) groups is 1. The minimum Gasteiger partial charge on any atom is -0.481 e. The number of likely N-dealkylation sites (tertiary alicyclic amines) is 1. The van der Waals surface area contributed by atoms with Crippen LogP contribution in [0, 0.1) is 31.1 Å². The van der Waals surface area contributed by atoms with E-state index in [9.17, 15) is 20.3 Å². The second kappa shape index (κ2) is 16.3. The number of benzene rings is 3. The van der Waals surface area contributed by atoms with E-state index in [4.69, 9.17) is 9.40 Å². The van der Waals surface area contributed by atoms with Crippen LogP contribution < -0.4 is 10.6 Å². The highest BCUT2D eigenvalue weighted by Crippen LogP contribution is 2.37. The first-order valence-corrected chi connectivity index (χ1v) is 17.8. The Hall–Kier alpha value is -5.67. The summed E-state index contributed by atoms with van der Waals surface area (Å²) in [4.78, 5) is 27.7. The number of nitriles is 1. The first-order chi connectivity index (χ1) is 25.6. The van der Waals surface area contributed by atoms with Crippen molar-refractivity contribution >= 4 is 34.3 Å². The molecule has 0 aliphatic carbocycles. The molecular formula is C42H45N7O4. The molecule has 3 heterocycles. The SMILES string of the molecule is C=C(/C=C1/C=CN=C(Nc2cccc(-c3cccc(-c4nc5cc(CN6CCC(C(=O)O)CC6)cc(C#N)c5o4)c3C)c2C)C1=NC)CN[C@@H](C)CO. The van der Waals surface area contributed by atoms with E-state index in [1.165, 1.54) is 0 Å². The van der Waals surface area contributed by atoms with Crippen molar-refractivity contribution < 1.29 is 19.4 Å². The van der Waals surface area contributed by atoms with Gasteiger partial charge in [-0.25, -0.2) is 9.98 Å². The van der Waals surface area contributed by atoms with Gasteiger partial charge in [0.25, 0.3) is 0 Å². The van der Waals surface area contributed by atoms with E-state index in [1.54, 1.807) is 13.2 Å². The number of aliphatic hydroxyl groups excluding tert-OH is 1. The summed E-state index contributed by atoms with van der Waals surface area (Å²) in [5.41, 5.74) is 10.7. The van der Waals surface area contributed by atoms with Crippen LogP contribution in [0.4, 0.5) is 5.69 Å². The normalized spacial score (nSPS) is 17.2. The predicted molar refractivity (Wildman–Crippen MR) is 210 cm³/mol. The minimum atomic E-state index is -0.732. The number of aliphatic carboxylic acids is 1. The van der Waals surface area contributed by atoms with Crippen LogP contribution in [-0.2, 0) is 11.3 Å². The fraction of sp³-hybridized carbons (Fsp3) is 0.310. The number of allylic oxidation sites excluding steroid dienone is 1. The van der Waals surface area contributed by atoms with E-state index in [1.807, 2.05) is 55.5 Å². The fourth-order valence-electron chi connectivity index (χ4n) is 6.88. The maximum Gasteiger partial charge on any atom is 0.306 e. The average Bonchev–Trinajstić information content (AvgIpc) is 3.59. The van der Waals surface area contributed by atoms with E-state index < -0.39 is 5.97 Å². The van der Waals surface area contributed by atoms with E-state index >= 15 is 0 Å². The highest BCUT2D eigenvalue weighted by Gasteiger charge is 2.25. The lowest BCUT2D eigenvalue weighted by Gasteiger charge is -2.30. The third-order valence-corrected chi connectivity index (χ3v) is 9.94. The maximum atomic E-state index is 11.4. The van der Waals surface area contributed by atoms with Crippen LogP contribution in [0.15, 0.2) is 99.0 Å². The molecule has 11 nitrogen and oxygen atoms in total. The Morgan fingerprint density at radius 3 is 2.57 bits per heavy atom. The summed E-state index contributed by atoms with van der Waals surface area (Å²) in [6.45, 7) is 12.8. The van der Waals surface area contributed by atoms with Crippen molar-refractivity contribution in [3.05, 3.63) is 107 Å². The first kappa shape index (κ1) is 37.1. The smallest absolute Gasteiger partial charge is 0.306 e. The number of carboxylic acids is 1. The lowest BCUT2D eigenvalue weighted by Crippen LogP contribution is -2.35. The summed E-state index contributed by atoms with van der Waals surface area (Å²) in [6.07, 6.45) is 6.86. The molecule has 1 fully saturated rings. The molecule has 4 aromatic rings. The number of aromatic nitrogens is 1. The largest absolute Gasteiger partial charge is 0.481 e. The number of rotatable bonds is 11. The Labute approximate surface area is 309 Å². The Morgan fingerprint density at radius 1 is 1.15 bits per heavy atom. The van der Waals surface area contributed by atoms with Gasteiger partial charge in [0.15, 0.2) is 11.4 Å². The van der Waals surface area contributed by atoms with Gasteiger partial charge in [-0.1, -0.05) is 30.8 Å². The van der Waals surface area contributed by atoms with E-state index in [0.29, 0.717) is 73.1 Å². The molecule has 1 aromatic heterocycles. The van der Waals surface area contributed by atoms with Crippen LogP contribution in [0.5, 0.6) is 0 Å². The summed E-state index contributed by atoms with van der Waals surface area (Å²) in [6, 6.07) is 18.2. The molecule has 2 aliphatic rings. The summed E-state index contributed by atoms with van der Waals surface area (Å²) in [7, 11) is 1.74. The standard InChI is InChI=1S/C42H45N7O4/c1-25(22-46-26(2)24-50)18-31-12-15-45-40(38(31)44-5)47-36-11-7-9-34(28(36)4)33-8-6-10-35(27(33)3)41-48-37-20-29(19-32(21-43)39(37)53-41)23-49-16-13-30(14-17-49)42(51)52/h6-12,15,18-20,26,30,46,50H,1,13-14,16-17,22-24H2,2-5H3,(H,45,47)(H,51,52)/b31-18-,44-38?/t26-/m0/s1. The highest BCUT2D eigenvalue weighted by molar-refractivity contribution is 6.52. The molecule has 6 rings (SSSR count). The van der Waals surface area contributed by atoms with Crippen LogP contribution in [0.2, 0.25) is 0 Å².